The van der Waals surface area contributed by atoms with Crippen molar-refractivity contribution in [2.45, 2.75) is 0 Å². The van der Waals surface area contributed by atoms with Gasteiger partial charge >= 0.3 is 0 Å². The molecule has 1 aromatic heterocycles. The van der Waals surface area contributed by atoms with Crippen LogP contribution in [-0.4, -0.2) is 16.7 Å². The van der Waals surface area contributed by atoms with Crippen LogP contribution in [0, 0.1) is 12.3 Å². The van der Waals surface area contributed by atoms with Crippen LogP contribution in [0.2, 0.25) is 0 Å². The third-order valence-electron chi connectivity index (χ3n) is 1.95. The summed E-state index contributed by atoms with van der Waals surface area (Å²) in [6, 6.07) is 5.38. The first-order chi connectivity index (χ1) is 6.81. The quantitative estimate of drug-likeness (QED) is 0.705. The number of fused-ring (bicyclic) bond motifs is 1. The van der Waals surface area contributed by atoms with Gasteiger partial charge in [-0.15, -0.1) is 6.42 Å². The van der Waals surface area contributed by atoms with Gasteiger partial charge in [-0.3, -0.25) is 0 Å². The molecule has 0 aliphatic heterocycles. The number of ether oxygens (including phenoxy) is 1. The van der Waals surface area contributed by atoms with E-state index in [9.17, 15) is 5.11 Å². The van der Waals surface area contributed by atoms with Crippen molar-refractivity contribution in [3.8, 4) is 23.8 Å². The largest absolute Gasteiger partial charge is 0.506 e. The number of hydrogen-bond acceptors (Lipinski definition) is 2. The van der Waals surface area contributed by atoms with Gasteiger partial charge in [-0.25, -0.2) is 0 Å². The fraction of sp³-hybridized carbons (Fsp3) is 0.0909. The van der Waals surface area contributed by atoms with Gasteiger partial charge in [0.15, 0.2) is 0 Å². The van der Waals surface area contributed by atoms with E-state index in [1.165, 1.54) is 6.20 Å². The van der Waals surface area contributed by atoms with Gasteiger partial charge in [-0.05, 0) is 18.2 Å². The minimum Gasteiger partial charge on any atom is -0.506 e. The number of H-pyrrole nitrogens is 1. The smallest absolute Gasteiger partial charge is 0.148 e. The van der Waals surface area contributed by atoms with Gasteiger partial charge in [0.2, 0.25) is 0 Å². The molecule has 0 amide bonds. The molecule has 0 fully saturated rings. The number of hydrogen-bond donors (Lipinski definition) is 2. The molecule has 0 unspecified atom stereocenters. The summed E-state index contributed by atoms with van der Waals surface area (Å²) in [5.41, 5.74) is 0.871. The molecule has 0 saturated carbocycles. The highest BCUT2D eigenvalue weighted by atomic mass is 16.5. The summed E-state index contributed by atoms with van der Waals surface area (Å²) in [6.07, 6.45) is 6.61. The van der Waals surface area contributed by atoms with Crippen LogP contribution in [0.25, 0.3) is 10.9 Å². The highest BCUT2D eigenvalue weighted by Gasteiger charge is 2.02. The van der Waals surface area contributed by atoms with Crippen molar-refractivity contribution < 1.29 is 9.84 Å². The molecule has 0 atom stereocenters. The lowest BCUT2D eigenvalue weighted by Crippen LogP contribution is -1.92. The first-order valence-corrected chi connectivity index (χ1v) is 4.17. The molecule has 70 valence electrons. The van der Waals surface area contributed by atoms with Crippen LogP contribution in [0.15, 0.2) is 24.4 Å². The van der Waals surface area contributed by atoms with E-state index in [0.29, 0.717) is 5.75 Å². The Bertz CT molecular complexity index is 493. The van der Waals surface area contributed by atoms with Gasteiger partial charge in [0.05, 0.1) is 0 Å². The zero-order chi connectivity index (χ0) is 9.97. The first-order valence-electron chi connectivity index (χ1n) is 4.17. The van der Waals surface area contributed by atoms with Crippen molar-refractivity contribution in [1.82, 2.24) is 4.98 Å². The van der Waals surface area contributed by atoms with Crippen LogP contribution in [0.3, 0.4) is 0 Å². The summed E-state index contributed by atoms with van der Waals surface area (Å²) >= 11 is 0. The molecule has 0 aliphatic carbocycles. The number of benzene rings is 1. The lowest BCUT2D eigenvalue weighted by molar-refractivity contribution is 0.371. The predicted octanol–water partition coefficient (Wildman–Crippen LogP) is 1.89. The number of aromatic amines is 1. The Kier molecular flexibility index (Phi) is 2.04. The molecule has 2 rings (SSSR count). The highest BCUT2D eigenvalue weighted by molar-refractivity contribution is 5.86. The van der Waals surface area contributed by atoms with E-state index in [2.05, 4.69) is 10.9 Å². The van der Waals surface area contributed by atoms with E-state index in [1.54, 1.807) is 12.1 Å². The van der Waals surface area contributed by atoms with E-state index in [1.807, 2.05) is 6.07 Å². The van der Waals surface area contributed by atoms with Gasteiger partial charge in [0, 0.05) is 17.1 Å². The topological polar surface area (TPSA) is 45.2 Å². The molecule has 0 bridgehead atoms. The fourth-order valence-corrected chi connectivity index (χ4v) is 1.30. The highest BCUT2D eigenvalue weighted by Crippen LogP contribution is 2.27. The van der Waals surface area contributed by atoms with Crippen LogP contribution in [0.4, 0.5) is 0 Å². The molecular formula is C11H9NO2. The van der Waals surface area contributed by atoms with Crippen LogP contribution in [-0.2, 0) is 0 Å². The Hall–Kier alpha value is -2.08. The summed E-state index contributed by atoms with van der Waals surface area (Å²) in [5.74, 6) is 3.25. The Labute approximate surface area is 81.3 Å². The maximum Gasteiger partial charge on any atom is 0.148 e. The molecule has 2 aromatic rings. The molecule has 1 aromatic carbocycles. The van der Waals surface area contributed by atoms with Crippen molar-refractivity contribution in [3.63, 3.8) is 0 Å². The molecule has 0 saturated heterocycles. The Morgan fingerprint density at radius 3 is 3.14 bits per heavy atom. The van der Waals surface area contributed by atoms with Crippen molar-refractivity contribution in [2.75, 3.05) is 6.61 Å². The van der Waals surface area contributed by atoms with Crippen molar-refractivity contribution >= 4 is 10.9 Å². The Morgan fingerprint density at radius 2 is 2.36 bits per heavy atom. The zero-order valence-corrected chi connectivity index (χ0v) is 7.45. The van der Waals surface area contributed by atoms with Crippen molar-refractivity contribution in [3.05, 3.63) is 24.4 Å². The number of aromatic hydroxyl groups is 1. The summed E-state index contributed by atoms with van der Waals surface area (Å²) in [6.45, 7) is 0.233. The lowest BCUT2D eigenvalue weighted by Gasteiger charge is -2.01. The van der Waals surface area contributed by atoms with E-state index < -0.39 is 0 Å². The second-order valence-corrected chi connectivity index (χ2v) is 2.87. The minimum absolute atomic E-state index is 0.214. The number of nitrogens with one attached hydrogen (secondary N) is 1. The van der Waals surface area contributed by atoms with E-state index in [4.69, 9.17) is 11.2 Å². The van der Waals surface area contributed by atoms with Crippen LogP contribution in [0.1, 0.15) is 0 Å². The van der Waals surface area contributed by atoms with E-state index >= 15 is 0 Å². The first kappa shape index (κ1) is 8.52. The standard InChI is InChI=1S/C11H9NO2/c1-2-5-14-8-3-4-10-9(6-8)11(13)7-12-10/h1,3-4,6-7,12-13H,5H2. The molecule has 2 N–H and O–H groups in total. The molecule has 3 nitrogen and oxygen atoms in total. The monoisotopic (exact) mass is 187 g/mol. The van der Waals surface area contributed by atoms with Gasteiger partial charge in [0.25, 0.3) is 0 Å². The van der Waals surface area contributed by atoms with Gasteiger partial charge in [-0.1, -0.05) is 5.92 Å². The van der Waals surface area contributed by atoms with Gasteiger partial charge in [0.1, 0.15) is 18.1 Å². The SMILES string of the molecule is C#CCOc1ccc2[nH]cc(O)c2c1. The van der Waals surface area contributed by atoms with Crippen molar-refractivity contribution in [1.29, 1.82) is 0 Å². The zero-order valence-electron chi connectivity index (χ0n) is 7.45. The summed E-state index contributed by atoms with van der Waals surface area (Å²) in [5, 5.41) is 10.2. The third kappa shape index (κ3) is 1.38. The Balaban J connectivity index is 2.40. The molecular weight excluding hydrogens is 178 g/mol. The number of aromatic nitrogens is 1. The maximum absolute atomic E-state index is 9.43. The average Bonchev–Trinajstić information content (AvgIpc) is 2.57. The van der Waals surface area contributed by atoms with Crippen molar-refractivity contribution in [2.24, 2.45) is 0 Å². The summed E-state index contributed by atoms with van der Waals surface area (Å²) < 4.78 is 5.23. The summed E-state index contributed by atoms with van der Waals surface area (Å²) in [4.78, 5) is 2.93. The van der Waals surface area contributed by atoms with Gasteiger partial charge < -0.3 is 14.8 Å². The van der Waals surface area contributed by atoms with Crippen LogP contribution in [0.5, 0.6) is 11.5 Å². The molecule has 14 heavy (non-hydrogen) atoms. The van der Waals surface area contributed by atoms with Crippen LogP contribution >= 0.6 is 0 Å². The maximum atomic E-state index is 9.43. The molecule has 1 heterocycles. The molecule has 0 radical (unpaired) electrons. The van der Waals surface area contributed by atoms with E-state index in [-0.39, 0.29) is 12.4 Å². The van der Waals surface area contributed by atoms with Gasteiger partial charge in [-0.2, -0.15) is 0 Å². The Morgan fingerprint density at radius 1 is 1.50 bits per heavy atom. The molecule has 0 aliphatic rings. The fourth-order valence-electron chi connectivity index (χ4n) is 1.30. The normalized spacial score (nSPS) is 9.93. The third-order valence-corrected chi connectivity index (χ3v) is 1.95. The summed E-state index contributed by atoms with van der Waals surface area (Å²) in [7, 11) is 0. The number of rotatable bonds is 2. The minimum atomic E-state index is 0.214. The molecule has 3 heteroatoms. The average molecular weight is 187 g/mol. The van der Waals surface area contributed by atoms with Crippen LogP contribution < -0.4 is 4.74 Å². The lowest BCUT2D eigenvalue weighted by atomic mass is 10.2. The predicted molar refractivity (Wildman–Crippen MR) is 54.3 cm³/mol. The second-order valence-electron chi connectivity index (χ2n) is 2.87. The van der Waals surface area contributed by atoms with E-state index in [0.717, 1.165) is 10.9 Å². The second kappa shape index (κ2) is 3.35. The molecule has 0 spiro atoms. The number of terminal acetylenes is 1.